The van der Waals surface area contributed by atoms with Gasteiger partial charge in [-0.05, 0) is 23.3 Å². The van der Waals surface area contributed by atoms with Crippen molar-refractivity contribution >= 4 is 22.6 Å². The largest absolute Gasteiger partial charge is 0.337 e. The SMILES string of the molecule is Cc1c(NC(=O)NCC(C)(C)c2ccc3ccccc3c2)nnn1C. The van der Waals surface area contributed by atoms with Crippen molar-refractivity contribution in [2.24, 2.45) is 7.05 Å². The minimum atomic E-state index is -0.280. The molecule has 1 heterocycles. The van der Waals surface area contributed by atoms with E-state index in [2.05, 4.69) is 65.1 Å². The van der Waals surface area contributed by atoms with E-state index in [1.807, 2.05) is 19.1 Å². The Bertz CT molecular complexity index is 913. The van der Waals surface area contributed by atoms with Gasteiger partial charge in [0.2, 0.25) is 0 Å². The summed E-state index contributed by atoms with van der Waals surface area (Å²) in [5.41, 5.74) is 1.80. The second kappa shape index (κ2) is 6.55. The van der Waals surface area contributed by atoms with Crippen LogP contribution in [0.5, 0.6) is 0 Å². The van der Waals surface area contributed by atoms with E-state index < -0.39 is 0 Å². The van der Waals surface area contributed by atoms with E-state index in [0.717, 1.165) is 5.69 Å². The minimum Gasteiger partial charge on any atom is -0.337 e. The number of benzene rings is 2. The van der Waals surface area contributed by atoms with Gasteiger partial charge in [-0.3, -0.25) is 10.00 Å². The molecule has 2 amide bonds. The number of rotatable bonds is 4. The van der Waals surface area contributed by atoms with Crippen molar-refractivity contribution in [3.63, 3.8) is 0 Å². The Kier molecular flexibility index (Phi) is 4.44. The number of aryl methyl sites for hydroxylation is 1. The number of amides is 2. The molecule has 0 saturated carbocycles. The van der Waals surface area contributed by atoms with E-state index in [0.29, 0.717) is 12.4 Å². The van der Waals surface area contributed by atoms with Gasteiger partial charge in [0, 0.05) is 19.0 Å². The van der Waals surface area contributed by atoms with Gasteiger partial charge < -0.3 is 5.32 Å². The molecule has 130 valence electrons. The minimum absolute atomic E-state index is 0.196. The van der Waals surface area contributed by atoms with E-state index in [1.54, 1.807) is 11.7 Å². The molecule has 6 nitrogen and oxygen atoms in total. The average Bonchev–Trinajstić information content (AvgIpc) is 2.92. The molecular formula is C19H23N5O. The van der Waals surface area contributed by atoms with Crippen LogP contribution in [0.15, 0.2) is 42.5 Å². The normalized spacial score (nSPS) is 11.5. The highest BCUT2D eigenvalue weighted by Crippen LogP contribution is 2.26. The van der Waals surface area contributed by atoms with Crippen LogP contribution >= 0.6 is 0 Å². The number of aromatic nitrogens is 3. The first-order valence-electron chi connectivity index (χ1n) is 8.27. The molecule has 1 aromatic heterocycles. The number of urea groups is 1. The Balaban J connectivity index is 1.67. The average molecular weight is 337 g/mol. The number of carbonyl (C=O) groups excluding carboxylic acids is 1. The summed E-state index contributed by atoms with van der Waals surface area (Å²) in [6, 6.07) is 14.4. The van der Waals surface area contributed by atoms with Crippen molar-refractivity contribution in [2.45, 2.75) is 26.2 Å². The van der Waals surface area contributed by atoms with Crippen molar-refractivity contribution in [1.82, 2.24) is 20.3 Å². The van der Waals surface area contributed by atoms with Crippen molar-refractivity contribution in [2.75, 3.05) is 11.9 Å². The van der Waals surface area contributed by atoms with Gasteiger partial charge >= 0.3 is 6.03 Å². The molecule has 0 bridgehead atoms. The second-order valence-corrected chi connectivity index (χ2v) is 6.90. The molecule has 3 rings (SSSR count). The Hall–Kier alpha value is -2.89. The molecule has 0 spiro atoms. The summed E-state index contributed by atoms with van der Waals surface area (Å²) in [6.07, 6.45) is 0. The van der Waals surface area contributed by atoms with Crippen LogP contribution in [-0.4, -0.2) is 27.6 Å². The van der Waals surface area contributed by atoms with E-state index in [-0.39, 0.29) is 11.4 Å². The summed E-state index contributed by atoms with van der Waals surface area (Å²) in [7, 11) is 1.79. The van der Waals surface area contributed by atoms with Crippen LogP contribution in [0.2, 0.25) is 0 Å². The van der Waals surface area contributed by atoms with Crippen LogP contribution in [0.25, 0.3) is 10.8 Å². The summed E-state index contributed by atoms with van der Waals surface area (Å²) in [5.74, 6) is 0.475. The molecule has 0 atom stereocenters. The third-order valence-electron chi connectivity index (χ3n) is 4.56. The number of nitrogens with one attached hydrogen (secondary N) is 2. The molecule has 25 heavy (non-hydrogen) atoms. The fourth-order valence-corrected chi connectivity index (χ4v) is 2.69. The topological polar surface area (TPSA) is 71.8 Å². The van der Waals surface area contributed by atoms with Crippen LogP contribution in [0, 0.1) is 6.92 Å². The number of hydrogen-bond acceptors (Lipinski definition) is 3. The fraction of sp³-hybridized carbons (Fsp3) is 0.316. The monoisotopic (exact) mass is 337 g/mol. The molecule has 2 aromatic carbocycles. The van der Waals surface area contributed by atoms with E-state index in [1.165, 1.54) is 16.3 Å². The molecule has 0 aliphatic heterocycles. The van der Waals surface area contributed by atoms with Gasteiger partial charge in [0.25, 0.3) is 0 Å². The summed E-state index contributed by atoms with van der Waals surface area (Å²) in [6.45, 7) is 6.60. The summed E-state index contributed by atoms with van der Waals surface area (Å²) in [4.78, 5) is 12.2. The van der Waals surface area contributed by atoms with E-state index >= 15 is 0 Å². The molecule has 0 saturated heterocycles. The summed E-state index contributed by atoms with van der Waals surface area (Å²) >= 11 is 0. The molecule has 6 heteroatoms. The molecule has 3 aromatic rings. The smallest absolute Gasteiger partial charge is 0.320 e. The highest BCUT2D eigenvalue weighted by molar-refractivity contribution is 5.88. The van der Waals surface area contributed by atoms with Crippen molar-refractivity contribution in [3.8, 4) is 0 Å². The molecule has 0 aliphatic carbocycles. The lowest BCUT2D eigenvalue weighted by Gasteiger charge is -2.26. The molecular weight excluding hydrogens is 314 g/mol. The Labute approximate surface area is 147 Å². The summed E-state index contributed by atoms with van der Waals surface area (Å²) in [5, 5.41) is 15.9. The quantitative estimate of drug-likeness (QED) is 0.766. The lowest BCUT2D eigenvalue weighted by molar-refractivity contribution is 0.249. The van der Waals surface area contributed by atoms with Gasteiger partial charge in [-0.1, -0.05) is 61.5 Å². The predicted molar refractivity (Wildman–Crippen MR) is 99.7 cm³/mol. The van der Waals surface area contributed by atoms with Crippen LogP contribution in [0.3, 0.4) is 0 Å². The third kappa shape index (κ3) is 3.63. The maximum atomic E-state index is 12.2. The van der Waals surface area contributed by atoms with E-state index in [9.17, 15) is 4.79 Å². The van der Waals surface area contributed by atoms with Crippen molar-refractivity contribution in [3.05, 3.63) is 53.7 Å². The predicted octanol–water partition coefficient (Wildman–Crippen LogP) is 3.38. The number of hydrogen-bond donors (Lipinski definition) is 2. The zero-order valence-corrected chi connectivity index (χ0v) is 15.0. The Morgan fingerprint density at radius 2 is 1.88 bits per heavy atom. The molecule has 2 N–H and O–H groups in total. The fourth-order valence-electron chi connectivity index (χ4n) is 2.69. The number of anilines is 1. The van der Waals surface area contributed by atoms with Gasteiger partial charge in [-0.25, -0.2) is 4.79 Å². The first-order chi connectivity index (χ1) is 11.9. The maximum Gasteiger partial charge on any atom is 0.320 e. The Morgan fingerprint density at radius 3 is 2.56 bits per heavy atom. The highest BCUT2D eigenvalue weighted by atomic mass is 16.2. The zero-order chi connectivity index (χ0) is 18.0. The molecule has 0 radical (unpaired) electrons. The van der Waals surface area contributed by atoms with Crippen LogP contribution < -0.4 is 10.6 Å². The van der Waals surface area contributed by atoms with E-state index in [4.69, 9.17) is 0 Å². The lowest BCUT2D eigenvalue weighted by atomic mass is 9.83. The van der Waals surface area contributed by atoms with Crippen LogP contribution in [-0.2, 0) is 12.5 Å². The third-order valence-corrected chi connectivity index (χ3v) is 4.56. The number of nitrogens with zero attached hydrogens (tertiary/aromatic N) is 3. The second-order valence-electron chi connectivity index (χ2n) is 6.90. The molecule has 0 unspecified atom stereocenters. The molecule has 0 fully saturated rings. The van der Waals surface area contributed by atoms with Gasteiger partial charge in [-0.15, -0.1) is 5.10 Å². The van der Waals surface area contributed by atoms with Crippen molar-refractivity contribution < 1.29 is 4.79 Å². The van der Waals surface area contributed by atoms with Gasteiger partial charge in [0.05, 0.1) is 5.69 Å². The maximum absolute atomic E-state index is 12.2. The Morgan fingerprint density at radius 1 is 1.16 bits per heavy atom. The molecule has 0 aliphatic rings. The number of carbonyl (C=O) groups is 1. The highest BCUT2D eigenvalue weighted by Gasteiger charge is 2.22. The zero-order valence-electron chi connectivity index (χ0n) is 15.0. The van der Waals surface area contributed by atoms with Gasteiger partial charge in [0.1, 0.15) is 0 Å². The number of fused-ring (bicyclic) bond motifs is 1. The lowest BCUT2D eigenvalue weighted by Crippen LogP contribution is -2.39. The van der Waals surface area contributed by atoms with Crippen molar-refractivity contribution in [1.29, 1.82) is 0 Å². The van der Waals surface area contributed by atoms with Gasteiger partial charge in [-0.2, -0.15) is 0 Å². The standard InChI is InChI=1S/C19H23N5O/c1-13-17(22-23-24(13)4)21-18(25)20-12-19(2,3)16-10-9-14-7-5-6-8-15(14)11-16/h5-11H,12H2,1-4H3,(H2,20,21,25). The summed E-state index contributed by atoms with van der Waals surface area (Å²) < 4.78 is 1.62. The van der Waals surface area contributed by atoms with Crippen LogP contribution in [0.4, 0.5) is 10.6 Å². The first-order valence-corrected chi connectivity index (χ1v) is 8.27. The first kappa shape index (κ1) is 17.0. The van der Waals surface area contributed by atoms with Crippen LogP contribution in [0.1, 0.15) is 25.1 Å². The van der Waals surface area contributed by atoms with Gasteiger partial charge in [0.15, 0.2) is 5.82 Å².